The highest BCUT2D eigenvalue weighted by atomic mass is 19.1. The molecule has 0 N–H and O–H groups in total. The average molecular weight is 291 g/mol. The Hall–Kier alpha value is -2.17. The number of hydrogen-bond donors (Lipinski definition) is 0. The van der Waals surface area contributed by atoms with Crippen LogP contribution in [0, 0.1) is 18.6 Å². The van der Waals surface area contributed by atoms with Gasteiger partial charge in [-0.3, -0.25) is 4.79 Å². The minimum absolute atomic E-state index is 0.103. The number of benzene rings is 1. The Labute approximate surface area is 121 Å². The van der Waals surface area contributed by atoms with Crippen LogP contribution in [0.15, 0.2) is 34.9 Å². The van der Waals surface area contributed by atoms with E-state index in [-0.39, 0.29) is 24.3 Å². The fourth-order valence-electron chi connectivity index (χ4n) is 2.31. The van der Waals surface area contributed by atoms with Crippen LogP contribution in [0.2, 0.25) is 0 Å². The van der Waals surface area contributed by atoms with Crippen LogP contribution in [-0.4, -0.2) is 16.8 Å². The molecule has 21 heavy (non-hydrogen) atoms. The zero-order valence-corrected chi connectivity index (χ0v) is 11.6. The first kappa shape index (κ1) is 13.8. The van der Waals surface area contributed by atoms with E-state index in [1.807, 2.05) is 0 Å². The summed E-state index contributed by atoms with van der Waals surface area (Å²) in [5.41, 5.74) is 1.06. The van der Waals surface area contributed by atoms with Gasteiger partial charge in [0.15, 0.2) is 5.76 Å². The Bertz CT molecular complexity index is 677. The third-order valence-electron chi connectivity index (χ3n) is 3.66. The summed E-state index contributed by atoms with van der Waals surface area (Å²) in [5, 5.41) is 0. The van der Waals surface area contributed by atoms with Gasteiger partial charge >= 0.3 is 0 Å². The lowest BCUT2D eigenvalue weighted by atomic mass is 10.1. The predicted octanol–water partition coefficient (Wildman–Crippen LogP) is 3.67. The maximum Gasteiger partial charge on any atom is 0.290 e. The predicted molar refractivity (Wildman–Crippen MR) is 72.7 cm³/mol. The van der Waals surface area contributed by atoms with Crippen molar-refractivity contribution in [3.8, 4) is 0 Å². The van der Waals surface area contributed by atoms with Crippen molar-refractivity contribution in [1.29, 1.82) is 0 Å². The zero-order chi connectivity index (χ0) is 15.0. The molecule has 0 saturated heterocycles. The molecule has 1 aliphatic carbocycles. The minimum atomic E-state index is -0.635. The smallest absolute Gasteiger partial charge is 0.290 e. The lowest BCUT2D eigenvalue weighted by molar-refractivity contribution is 0.0694. The highest BCUT2D eigenvalue weighted by molar-refractivity contribution is 5.93. The Morgan fingerprint density at radius 1 is 1.33 bits per heavy atom. The number of carbonyl (C=O) groups is 1. The molecule has 1 saturated carbocycles. The Balaban J connectivity index is 1.85. The molecule has 0 radical (unpaired) electrons. The highest BCUT2D eigenvalue weighted by Crippen LogP contribution is 2.31. The summed E-state index contributed by atoms with van der Waals surface area (Å²) < 4.78 is 32.0. The van der Waals surface area contributed by atoms with Gasteiger partial charge in [-0.2, -0.15) is 0 Å². The van der Waals surface area contributed by atoms with Crippen molar-refractivity contribution >= 4 is 5.91 Å². The van der Waals surface area contributed by atoms with Crippen molar-refractivity contribution in [2.24, 2.45) is 0 Å². The molecule has 2 aromatic rings. The van der Waals surface area contributed by atoms with Gasteiger partial charge in [-0.05, 0) is 31.9 Å². The maximum absolute atomic E-state index is 13.8. The van der Waals surface area contributed by atoms with Gasteiger partial charge in [-0.1, -0.05) is 6.07 Å². The third-order valence-corrected chi connectivity index (χ3v) is 3.66. The van der Waals surface area contributed by atoms with Crippen molar-refractivity contribution < 1.29 is 18.0 Å². The first-order valence-corrected chi connectivity index (χ1v) is 6.85. The van der Waals surface area contributed by atoms with Gasteiger partial charge in [0, 0.05) is 29.8 Å². The molecule has 0 atom stereocenters. The van der Waals surface area contributed by atoms with Crippen LogP contribution >= 0.6 is 0 Å². The normalized spacial score (nSPS) is 14.2. The van der Waals surface area contributed by atoms with E-state index in [0.717, 1.165) is 24.5 Å². The molecule has 0 bridgehead atoms. The van der Waals surface area contributed by atoms with E-state index in [1.54, 1.807) is 17.9 Å². The number of hydrogen-bond acceptors (Lipinski definition) is 2. The second-order valence-corrected chi connectivity index (χ2v) is 5.33. The highest BCUT2D eigenvalue weighted by Gasteiger charge is 2.35. The molecule has 0 unspecified atom stereocenters. The summed E-state index contributed by atoms with van der Waals surface area (Å²) in [6.45, 7) is 1.91. The van der Waals surface area contributed by atoms with Crippen molar-refractivity contribution in [1.82, 2.24) is 4.90 Å². The molecular weight excluding hydrogens is 276 g/mol. The SMILES string of the molecule is Cc1ccoc1C(=O)N(Cc1ccc(F)cc1F)C1CC1. The van der Waals surface area contributed by atoms with Gasteiger partial charge in [-0.25, -0.2) is 8.78 Å². The topological polar surface area (TPSA) is 33.5 Å². The first-order chi connectivity index (χ1) is 10.1. The van der Waals surface area contributed by atoms with Gasteiger partial charge in [0.25, 0.3) is 5.91 Å². The summed E-state index contributed by atoms with van der Waals surface area (Å²) in [7, 11) is 0. The van der Waals surface area contributed by atoms with E-state index in [4.69, 9.17) is 4.42 Å². The molecule has 0 aliphatic heterocycles. The molecule has 3 rings (SSSR count). The number of aryl methyl sites for hydroxylation is 1. The summed E-state index contributed by atoms with van der Waals surface area (Å²) >= 11 is 0. The molecule has 1 aromatic heterocycles. The van der Waals surface area contributed by atoms with Gasteiger partial charge < -0.3 is 9.32 Å². The standard InChI is InChI=1S/C16H15F2NO2/c1-10-6-7-21-15(10)16(20)19(13-4-5-13)9-11-2-3-12(17)8-14(11)18/h2-3,6-8,13H,4-5,9H2,1H3. The van der Waals surface area contributed by atoms with E-state index < -0.39 is 11.6 Å². The van der Waals surface area contributed by atoms with Gasteiger partial charge in [0.05, 0.1) is 6.26 Å². The van der Waals surface area contributed by atoms with E-state index in [9.17, 15) is 13.6 Å². The molecular formula is C16H15F2NO2. The van der Waals surface area contributed by atoms with E-state index in [2.05, 4.69) is 0 Å². The second-order valence-electron chi connectivity index (χ2n) is 5.33. The van der Waals surface area contributed by atoms with Crippen LogP contribution in [0.3, 0.4) is 0 Å². The Kier molecular flexibility index (Phi) is 3.49. The lowest BCUT2D eigenvalue weighted by Gasteiger charge is -2.22. The largest absolute Gasteiger partial charge is 0.459 e. The summed E-state index contributed by atoms with van der Waals surface area (Å²) in [6, 6.07) is 5.24. The van der Waals surface area contributed by atoms with Gasteiger partial charge in [0.1, 0.15) is 11.6 Å². The monoisotopic (exact) mass is 291 g/mol. The summed E-state index contributed by atoms with van der Waals surface area (Å²) in [4.78, 5) is 14.1. The molecule has 1 heterocycles. The third kappa shape index (κ3) is 2.82. The maximum atomic E-state index is 13.8. The van der Waals surface area contributed by atoms with Crippen molar-refractivity contribution in [2.75, 3.05) is 0 Å². The second kappa shape index (κ2) is 5.31. The fourth-order valence-corrected chi connectivity index (χ4v) is 2.31. The molecule has 1 fully saturated rings. The average Bonchev–Trinajstić information content (AvgIpc) is 3.19. The number of halogens is 2. The van der Waals surface area contributed by atoms with E-state index in [0.29, 0.717) is 5.56 Å². The molecule has 1 amide bonds. The number of furan rings is 1. The molecule has 110 valence electrons. The Morgan fingerprint density at radius 2 is 2.10 bits per heavy atom. The molecule has 0 spiro atoms. The number of rotatable bonds is 4. The summed E-state index contributed by atoms with van der Waals surface area (Å²) in [5.74, 6) is -1.22. The van der Waals surface area contributed by atoms with E-state index >= 15 is 0 Å². The van der Waals surface area contributed by atoms with Gasteiger partial charge in [-0.15, -0.1) is 0 Å². The van der Waals surface area contributed by atoms with Crippen LogP contribution in [-0.2, 0) is 6.54 Å². The van der Waals surface area contributed by atoms with E-state index in [1.165, 1.54) is 18.4 Å². The van der Waals surface area contributed by atoms with Crippen LogP contribution in [0.5, 0.6) is 0 Å². The minimum Gasteiger partial charge on any atom is -0.459 e. The molecule has 1 aromatic carbocycles. The van der Waals surface area contributed by atoms with Crippen LogP contribution in [0.25, 0.3) is 0 Å². The van der Waals surface area contributed by atoms with Gasteiger partial charge in [0.2, 0.25) is 0 Å². The number of carbonyl (C=O) groups excluding carboxylic acids is 1. The van der Waals surface area contributed by atoms with Crippen molar-refractivity contribution in [3.05, 3.63) is 59.1 Å². The van der Waals surface area contributed by atoms with Crippen LogP contribution in [0.1, 0.15) is 34.5 Å². The fraction of sp³-hybridized carbons (Fsp3) is 0.312. The van der Waals surface area contributed by atoms with Crippen LogP contribution < -0.4 is 0 Å². The van der Waals surface area contributed by atoms with Crippen molar-refractivity contribution in [3.63, 3.8) is 0 Å². The molecule has 1 aliphatic rings. The molecule has 5 heteroatoms. The Morgan fingerprint density at radius 3 is 2.67 bits per heavy atom. The van der Waals surface area contributed by atoms with Crippen LogP contribution in [0.4, 0.5) is 8.78 Å². The number of amides is 1. The lowest BCUT2D eigenvalue weighted by Crippen LogP contribution is -2.33. The van der Waals surface area contributed by atoms with Crippen molar-refractivity contribution in [2.45, 2.75) is 32.4 Å². The molecule has 3 nitrogen and oxygen atoms in total. The quantitative estimate of drug-likeness (QED) is 0.861. The number of nitrogens with zero attached hydrogens (tertiary/aromatic N) is 1. The zero-order valence-electron chi connectivity index (χ0n) is 11.6. The first-order valence-electron chi connectivity index (χ1n) is 6.85. The summed E-state index contributed by atoms with van der Waals surface area (Å²) in [6.07, 6.45) is 3.26.